The third kappa shape index (κ3) is 4.57. The van der Waals surface area contributed by atoms with Crippen LogP contribution < -0.4 is 5.32 Å². The van der Waals surface area contributed by atoms with E-state index in [1.807, 2.05) is 20.8 Å². The highest BCUT2D eigenvalue weighted by Crippen LogP contribution is 2.21. The lowest BCUT2D eigenvalue weighted by Crippen LogP contribution is -2.58. The quantitative estimate of drug-likeness (QED) is 0.803. The van der Waals surface area contributed by atoms with Crippen molar-refractivity contribution in [2.24, 2.45) is 0 Å². The molecule has 2 heterocycles. The van der Waals surface area contributed by atoms with Gasteiger partial charge in [-0.25, -0.2) is 17.5 Å². The Bertz CT molecular complexity index is 512. The molecule has 7 nitrogen and oxygen atoms in total. The summed E-state index contributed by atoms with van der Waals surface area (Å²) in [7, 11) is -3.13. The van der Waals surface area contributed by atoms with E-state index in [9.17, 15) is 13.2 Å². The zero-order chi connectivity index (χ0) is 16.5. The molecule has 1 N–H and O–H groups in total. The number of rotatable bonds is 2. The Balaban J connectivity index is 1.86. The second kappa shape index (κ2) is 6.33. The first-order valence-corrected chi connectivity index (χ1v) is 9.60. The molecule has 0 saturated carbocycles. The summed E-state index contributed by atoms with van der Waals surface area (Å²) in [4.78, 5) is 14.2. The number of ether oxygens (including phenoxy) is 1. The maximum atomic E-state index is 12.4. The molecule has 0 aromatic carbocycles. The van der Waals surface area contributed by atoms with Gasteiger partial charge in [-0.2, -0.15) is 0 Å². The molecule has 1 unspecified atom stereocenters. The largest absolute Gasteiger partial charge is 0.369 e. The predicted octanol–water partition coefficient (Wildman–Crippen LogP) is 0.619. The van der Waals surface area contributed by atoms with Crippen LogP contribution in [0, 0.1) is 0 Å². The Morgan fingerprint density at radius 1 is 1.27 bits per heavy atom. The molecular weight excluding hydrogens is 306 g/mol. The number of morpholine rings is 1. The van der Waals surface area contributed by atoms with Crippen molar-refractivity contribution in [2.45, 2.75) is 51.4 Å². The minimum atomic E-state index is -3.13. The Morgan fingerprint density at radius 2 is 1.86 bits per heavy atom. The molecule has 2 rings (SSSR count). The van der Waals surface area contributed by atoms with Gasteiger partial charge in [-0.1, -0.05) is 0 Å². The molecule has 0 radical (unpaired) electrons. The van der Waals surface area contributed by atoms with Gasteiger partial charge < -0.3 is 15.0 Å². The SMILES string of the molecule is CC1CN(C(=O)NC2CCN(S(C)(=O)=O)CC2)CC(C)(C)O1. The summed E-state index contributed by atoms with van der Waals surface area (Å²) in [5.74, 6) is 0. The van der Waals surface area contributed by atoms with E-state index < -0.39 is 10.0 Å². The average Bonchev–Trinajstić information content (AvgIpc) is 2.35. The molecule has 22 heavy (non-hydrogen) atoms. The standard InChI is InChI=1S/C14H27N3O4S/c1-11-9-16(10-14(2,3)21-11)13(18)15-12-5-7-17(8-6-12)22(4,19)20/h11-12H,5-10H2,1-4H3,(H,15,18). The molecule has 0 bridgehead atoms. The zero-order valence-corrected chi connectivity index (χ0v) is 14.6. The molecule has 8 heteroatoms. The van der Waals surface area contributed by atoms with E-state index in [-0.39, 0.29) is 23.8 Å². The van der Waals surface area contributed by atoms with Gasteiger partial charge in [0.1, 0.15) is 0 Å². The summed E-state index contributed by atoms with van der Waals surface area (Å²) in [6.07, 6.45) is 2.55. The van der Waals surface area contributed by atoms with Crippen LogP contribution in [0.3, 0.4) is 0 Å². The van der Waals surface area contributed by atoms with Crippen molar-refractivity contribution in [3.63, 3.8) is 0 Å². The molecular formula is C14H27N3O4S. The van der Waals surface area contributed by atoms with Crippen LogP contribution in [0.1, 0.15) is 33.6 Å². The van der Waals surface area contributed by atoms with E-state index in [1.165, 1.54) is 10.6 Å². The van der Waals surface area contributed by atoms with Crippen molar-refractivity contribution in [2.75, 3.05) is 32.4 Å². The molecule has 2 amide bonds. The normalized spacial score (nSPS) is 27.6. The summed E-state index contributed by atoms with van der Waals surface area (Å²) >= 11 is 0. The van der Waals surface area contributed by atoms with Crippen LogP contribution in [0.5, 0.6) is 0 Å². The first-order chi connectivity index (χ1) is 10.1. The fourth-order valence-electron chi connectivity index (χ4n) is 3.21. The number of sulfonamides is 1. The highest BCUT2D eigenvalue weighted by Gasteiger charge is 2.35. The molecule has 128 valence electrons. The fourth-order valence-corrected chi connectivity index (χ4v) is 4.08. The van der Waals surface area contributed by atoms with Crippen molar-refractivity contribution in [3.05, 3.63) is 0 Å². The van der Waals surface area contributed by atoms with Crippen molar-refractivity contribution >= 4 is 16.1 Å². The summed E-state index contributed by atoms with van der Waals surface area (Å²) in [5.41, 5.74) is -0.339. The first kappa shape index (κ1) is 17.5. The Morgan fingerprint density at radius 3 is 2.36 bits per heavy atom. The first-order valence-electron chi connectivity index (χ1n) is 7.75. The van der Waals surface area contributed by atoms with Gasteiger partial charge in [0.2, 0.25) is 10.0 Å². The lowest BCUT2D eigenvalue weighted by atomic mass is 10.1. The van der Waals surface area contributed by atoms with Crippen LogP contribution in [0.2, 0.25) is 0 Å². The third-order valence-corrected chi connectivity index (χ3v) is 5.41. The molecule has 2 saturated heterocycles. The van der Waals surface area contributed by atoms with Crippen LogP contribution in [0.4, 0.5) is 4.79 Å². The van der Waals surface area contributed by atoms with Crippen molar-refractivity contribution in [1.82, 2.24) is 14.5 Å². The monoisotopic (exact) mass is 333 g/mol. The molecule has 2 aliphatic heterocycles. The number of amides is 2. The second-order valence-electron chi connectivity index (χ2n) is 6.95. The van der Waals surface area contributed by atoms with Gasteiger partial charge in [0.15, 0.2) is 0 Å². The summed E-state index contributed by atoms with van der Waals surface area (Å²) < 4.78 is 30.2. The molecule has 0 aromatic heterocycles. The maximum Gasteiger partial charge on any atom is 0.317 e. The molecule has 0 spiro atoms. The van der Waals surface area contributed by atoms with Gasteiger partial charge in [0.05, 0.1) is 24.5 Å². The van der Waals surface area contributed by atoms with Gasteiger partial charge in [-0.3, -0.25) is 0 Å². The Hall–Kier alpha value is -0.860. The molecule has 2 fully saturated rings. The van der Waals surface area contributed by atoms with E-state index in [4.69, 9.17) is 4.74 Å². The number of urea groups is 1. The fraction of sp³-hybridized carbons (Fsp3) is 0.929. The summed E-state index contributed by atoms with van der Waals surface area (Å²) in [5, 5.41) is 3.03. The Labute approximate surface area is 133 Å². The van der Waals surface area contributed by atoms with E-state index in [0.717, 1.165) is 0 Å². The topological polar surface area (TPSA) is 79.0 Å². The van der Waals surface area contributed by atoms with E-state index in [2.05, 4.69) is 5.32 Å². The van der Waals surface area contributed by atoms with Crippen LogP contribution in [0.15, 0.2) is 0 Å². The zero-order valence-electron chi connectivity index (χ0n) is 13.8. The maximum absolute atomic E-state index is 12.4. The molecule has 0 aromatic rings. The number of carbonyl (C=O) groups excluding carboxylic acids is 1. The summed E-state index contributed by atoms with van der Waals surface area (Å²) in [6.45, 7) is 8.00. The molecule has 1 atom stereocenters. The second-order valence-corrected chi connectivity index (χ2v) is 8.94. The van der Waals surface area contributed by atoms with Crippen LogP contribution in [0.25, 0.3) is 0 Å². The minimum absolute atomic E-state index is 0.0154. The van der Waals surface area contributed by atoms with E-state index in [0.29, 0.717) is 39.0 Å². The Kier molecular flexibility index (Phi) is 5.03. The average molecular weight is 333 g/mol. The van der Waals surface area contributed by atoms with Crippen LogP contribution in [-0.2, 0) is 14.8 Å². The number of hydrogen-bond acceptors (Lipinski definition) is 4. The third-order valence-electron chi connectivity index (χ3n) is 4.11. The number of nitrogens with one attached hydrogen (secondary N) is 1. The predicted molar refractivity (Wildman–Crippen MR) is 84.2 cm³/mol. The highest BCUT2D eigenvalue weighted by atomic mass is 32.2. The van der Waals surface area contributed by atoms with Gasteiger partial charge in [-0.05, 0) is 33.6 Å². The van der Waals surface area contributed by atoms with Crippen molar-refractivity contribution < 1.29 is 17.9 Å². The van der Waals surface area contributed by atoms with Crippen molar-refractivity contribution in [1.29, 1.82) is 0 Å². The lowest BCUT2D eigenvalue weighted by molar-refractivity contribution is -0.117. The summed E-state index contributed by atoms with van der Waals surface area (Å²) in [6, 6.07) is -0.0483. The smallest absolute Gasteiger partial charge is 0.317 e. The number of piperidine rings is 1. The van der Waals surface area contributed by atoms with Gasteiger partial charge in [0.25, 0.3) is 0 Å². The number of hydrogen-bond donors (Lipinski definition) is 1. The van der Waals surface area contributed by atoms with Gasteiger partial charge in [-0.15, -0.1) is 0 Å². The van der Waals surface area contributed by atoms with Crippen LogP contribution in [-0.4, -0.2) is 73.8 Å². The van der Waals surface area contributed by atoms with E-state index >= 15 is 0 Å². The minimum Gasteiger partial charge on any atom is -0.369 e. The van der Waals surface area contributed by atoms with Gasteiger partial charge in [0, 0.05) is 25.7 Å². The van der Waals surface area contributed by atoms with Crippen LogP contribution >= 0.6 is 0 Å². The highest BCUT2D eigenvalue weighted by molar-refractivity contribution is 7.88. The number of nitrogens with zero attached hydrogens (tertiary/aromatic N) is 2. The molecule has 0 aliphatic carbocycles. The van der Waals surface area contributed by atoms with Gasteiger partial charge >= 0.3 is 6.03 Å². The lowest BCUT2D eigenvalue weighted by Gasteiger charge is -2.42. The molecule has 2 aliphatic rings. The number of carbonyl (C=O) groups is 1. The van der Waals surface area contributed by atoms with E-state index in [1.54, 1.807) is 4.90 Å². The van der Waals surface area contributed by atoms with Crippen molar-refractivity contribution in [3.8, 4) is 0 Å².